The van der Waals surface area contributed by atoms with Gasteiger partial charge in [0.2, 0.25) is 0 Å². The minimum absolute atomic E-state index is 0.0213. The van der Waals surface area contributed by atoms with Crippen molar-refractivity contribution in [3.63, 3.8) is 0 Å². The van der Waals surface area contributed by atoms with Crippen molar-refractivity contribution in [1.29, 1.82) is 0 Å². The molecule has 0 atom stereocenters. The third-order valence-electron chi connectivity index (χ3n) is 3.77. The fourth-order valence-electron chi connectivity index (χ4n) is 2.15. The van der Waals surface area contributed by atoms with Gasteiger partial charge in [-0.2, -0.15) is 0 Å². The van der Waals surface area contributed by atoms with Gasteiger partial charge in [-0.3, -0.25) is 4.79 Å². The molecule has 0 unspecified atom stereocenters. The Morgan fingerprint density at radius 1 is 1.13 bits per heavy atom. The van der Waals surface area contributed by atoms with Crippen molar-refractivity contribution < 1.29 is 9.53 Å². The molecule has 0 aromatic heterocycles. The molecular formula is C19H22BrNO2. The number of carbonyl (C=O) groups is 1. The Morgan fingerprint density at radius 3 is 2.48 bits per heavy atom. The Kier molecular flexibility index (Phi) is 5.83. The van der Waals surface area contributed by atoms with Gasteiger partial charge in [-0.25, -0.2) is 0 Å². The lowest BCUT2D eigenvalue weighted by atomic mass is 10.0. The first-order chi connectivity index (χ1) is 10.9. The fourth-order valence-corrected chi connectivity index (χ4v) is 2.66. The lowest BCUT2D eigenvalue weighted by molar-refractivity contribution is -0.118. The number of benzene rings is 2. The van der Waals surface area contributed by atoms with E-state index in [1.54, 1.807) is 0 Å². The van der Waals surface area contributed by atoms with Crippen LogP contribution in [0.5, 0.6) is 5.75 Å². The summed E-state index contributed by atoms with van der Waals surface area (Å²) in [7, 11) is 0. The van der Waals surface area contributed by atoms with Crippen molar-refractivity contribution in [2.45, 2.75) is 33.6 Å². The molecule has 2 aromatic rings. The van der Waals surface area contributed by atoms with Crippen LogP contribution in [0.25, 0.3) is 0 Å². The molecule has 2 rings (SSSR count). The van der Waals surface area contributed by atoms with Gasteiger partial charge in [0.1, 0.15) is 5.75 Å². The number of carbonyl (C=O) groups excluding carboxylic acids is 1. The number of rotatable bonds is 5. The zero-order chi connectivity index (χ0) is 17.0. The number of amides is 1. The molecule has 0 aliphatic carbocycles. The van der Waals surface area contributed by atoms with Crippen molar-refractivity contribution in [2.75, 3.05) is 11.9 Å². The second kappa shape index (κ2) is 7.64. The van der Waals surface area contributed by atoms with Crippen LogP contribution >= 0.6 is 15.9 Å². The van der Waals surface area contributed by atoms with E-state index in [9.17, 15) is 4.79 Å². The van der Waals surface area contributed by atoms with Crippen molar-refractivity contribution >= 4 is 27.5 Å². The van der Waals surface area contributed by atoms with Gasteiger partial charge in [0.15, 0.2) is 6.61 Å². The monoisotopic (exact) mass is 375 g/mol. The molecule has 0 radical (unpaired) electrons. The molecule has 1 amide bonds. The number of anilines is 1. The minimum atomic E-state index is -0.173. The standard InChI is InChI=1S/C19H22BrNO2/c1-12(2)15-6-8-18(17(20)10-15)23-11-19(22)21-16-7-5-13(3)14(4)9-16/h5-10,12H,11H2,1-4H3,(H,21,22). The fraction of sp³-hybridized carbons (Fsp3) is 0.316. The summed E-state index contributed by atoms with van der Waals surface area (Å²) in [4.78, 5) is 12.0. The molecule has 0 fully saturated rings. The second-order valence-electron chi connectivity index (χ2n) is 5.98. The maximum atomic E-state index is 12.0. The van der Waals surface area contributed by atoms with E-state index in [1.807, 2.05) is 50.2 Å². The number of nitrogens with one attached hydrogen (secondary N) is 1. The molecule has 0 saturated heterocycles. The van der Waals surface area contributed by atoms with Crippen LogP contribution in [-0.4, -0.2) is 12.5 Å². The van der Waals surface area contributed by atoms with E-state index < -0.39 is 0 Å². The molecule has 0 spiro atoms. The maximum Gasteiger partial charge on any atom is 0.262 e. The Balaban J connectivity index is 1.95. The van der Waals surface area contributed by atoms with Gasteiger partial charge in [0, 0.05) is 5.69 Å². The van der Waals surface area contributed by atoms with Crippen LogP contribution in [0.3, 0.4) is 0 Å². The summed E-state index contributed by atoms with van der Waals surface area (Å²) in [6.45, 7) is 8.32. The average molecular weight is 376 g/mol. The number of halogens is 1. The maximum absolute atomic E-state index is 12.0. The second-order valence-corrected chi connectivity index (χ2v) is 6.83. The van der Waals surface area contributed by atoms with E-state index in [0.717, 1.165) is 15.7 Å². The zero-order valence-electron chi connectivity index (χ0n) is 13.9. The lowest BCUT2D eigenvalue weighted by Gasteiger charge is -2.12. The van der Waals surface area contributed by atoms with E-state index in [0.29, 0.717) is 11.7 Å². The Labute approximate surface area is 146 Å². The van der Waals surface area contributed by atoms with Gasteiger partial charge in [-0.1, -0.05) is 26.0 Å². The highest BCUT2D eigenvalue weighted by molar-refractivity contribution is 9.10. The summed E-state index contributed by atoms with van der Waals surface area (Å²) in [5.41, 5.74) is 4.36. The molecule has 2 aromatic carbocycles. The third-order valence-corrected chi connectivity index (χ3v) is 4.39. The summed E-state index contributed by atoms with van der Waals surface area (Å²) in [6, 6.07) is 11.8. The van der Waals surface area contributed by atoms with Crippen LogP contribution in [0.4, 0.5) is 5.69 Å². The molecule has 122 valence electrons. The predicted molar refractivity (Wildman–Crippen MR) is 98.3 cm³/mol. The molecule has 3 nitrogen and oxygen atoms in total. The van der Waals surface area contributed by atoms with Crippen molar-refractivity contribution in [3.05, 3.63) is 57.6 Å². The summed E-state index contributed by atoms with van der Waals surface area (Å²) in [5, 5.41) is 2.85. The molecule has 0 aliphatic rings. The van der Waals surface area contributed by atoms with E-state index in [4.69, 9.17) is 4.74 Å². The van der Waals surface area contributed by atoms with Gasteiger partial charge in [-0.15, -0.1) is 0 Å². The highest BCUT2D eigenvalue weighted by Crippen LogP contribution is 2.28. The summed E-state index contributed by atoms with van der Waals surface area (Å²) in [5.74, 6) is 0.950. The highest BCUT2D eigenvalue weighted by atomic mass is 79.9. The number of hydrogen-bond donors (Lipinski definition) is 1. The number of hydrogen-bond acceptors (Lipinski definition) is 2. The first-order valence-electron chi connectivity index (χ1n) is 7.66. The van der Waals surface area contributed by atoms with Crippen molar-refractivity contribution in [1.82, 2.24) is 0 Å². The summed E-state index contributed by atoms with van der Waals surface area (Å²) >= 11 is 3.49. The number of ether oxygens (including phenoxy) is 1. The normalized spacial score (nSPS) is 10.7. The van der Waals surface area contributed by atoms with E-state index in [1.165, 1.54) is 11.1 Å². The Bertz CT molecular complexity index is 711. The molecule has 0 saturated carbocycles. The van der Waals surface area contributed by atoms with Crippen molar-refractivity contribution in [3.8, 4) is 5.75 Å². The van der Waals surface area contributed by atoms with Gasteiger partial charge in [0.05, 0.1) is 4.47 Å². The predicted octanol–water partition coefficient (Wildman–Crippen LogP) is 5.21. The summed E-state index contributed by atoms with van der Waals surface area (Å²) < 4.78 is 6.46. The molecule has 23 heavy (non-hydrogen) atoms. The lowest BCUT2D eigenvalue weighted by Crippen LogP contribution is -2.20. The van der Waals surface area contributed by atoms with Crippen LogP contribution in [0.2, 0.25) is 0 Å². The first kappa shape index (κ1) is 17.5. The van der Waals surface area contributed by atoms with Gasteiger partial charge in [-0.05, 0) is 76.7 Å². The topological polar surface area (TPSA) is 38.3 Å². The minimum Gasteiger partial charge on any atom is -0.483 e. The van der Waals surface area contributed by atoms with Crippen LogP contribution in [-0.2, 0) is 4.79 Å². The van der Waals surface area contributed by atoms with Crippen molar-refractivity contribution in [2.24, 2.45) is 0 Å². The van der Waals surface area contributed by atoms with E-state index in [2.05, 4.69) is 35.1 Å². The SMILES string of the molecule is Cc1ccc(NC(=O)COc2ccc(C(C)C)cc2Br)cc1C. The Morgan fingerprint density at radius 2 is 1.87 bits per heavy atom. The van der Waals surface area contributed by atoms with E-state index >= 15 is 0 Å². The third kappa shape index (κ3) is 4.83. The van der Waals surface area contributed by atoms with E-state index in [-0.39, 0.29) is 12.5 Å². The van der Waals surface area contributed by atoms with Crippen LogP contribution in [0.15, 0.2) is 40.9 Å². The van der Waals surface area contributed by atoms with Gasteiger partial charge >= 0.3 is 0 Å². The molecular weight excluding hydrogens is 354 g/mol. The van der Waals surface area contributed by atoms with Crippen LogP contribution in [0, 0.1) is 13.8 Å². The molecule has 4 heteroatoms. The molecule has 0 bridgehead atoms. The zero-order valence-corrected chi connectivity index (χ0v) is 15.5. The van der Waals surface area contributed by atoms with Gasteiger partial charge < -0.3 is 10.1 Å². The van der Waals surface area contributed by atoms with Gasteiger partial charge in [0.25, 0.3) is 5.91 Å². The largest absolute Gasteiger partial charge is 0.483 e. The summed E-state index contributed by atoms with van der Waals surface area (Å²) in [6.07, 6.45) is 0. The Hall–Kier alpha value is -1.81. The molecule has 1 N–H and O–H groups in total. The first-order valence-corrected chi connectivity index (χ1v) is 8.45. The quantitative estimate of drug-likeness (QED) is 0.778. The van der Waals surface area contributed by atoms with Crippen LogP contribution in [0.1, 0.15) is 36.5 Å². The average Bonchev–Trinajstić information content (AvgIpc) is 2.49. The highest BCUT2D eigenvalue weighted by Gasteiger charge is 2.08. The smallest absolute Gasteiger partial charge is 0.262 e. The van der Waals surface area contributed by atoms with Crippen LogP contribution < -0.4 is 10.1 Å². The molecule has 0 aliphatic heterocycles. The molecule has 0 heterocycles. The number of aryl methyl sites for hydroxylation is 2.